The summed E-state index contributed by atoms with van der Waals surface area (Å²) in [6, 6.07) is 0. The number of halogens is 1. The quantitative estimate of drug-likeness (QED) is 0.681. The van der Waals surface area contributed by atoms with E-state index in [1.807, 2.05) is 0 Å². The van der Waals surface area contributed by atoms with Crippen LogP contribution in [0.5, 0.6) is 0 Å². The van der Waals surface area contributed by atoms with Gasteiger partial charge in [0.25, 0.3) is 0 Å². The van der Waals surface area contributed by atoms with E-state index < -0.39 is 6.10 Å². The van der Waals surface area contributed by atoms with Gasteiger partial charge in [-0.1, -0.05) is 6.08 Å². The molecule has 2 nitrogen and oxygen atoms in total. The minimum atomic E-state index is -0.471. The molecule has 0 fully saturated rings. The molecule has 1 aromatic rings. The lowest BCUT2D eigenvalue weighted by Crippen LogP contribution is -1.93. The average molecular weight is 281 g/mol. The molecule has 1 unspecified atom stereocenters. The van der Waals surface area contributed by atoms with Crippen LogP contribution in [0.15, 0.2) is 18.9 Å². The van der Waals surface area contributed by atoms with Crippen molar-refractivity contribution in [3.05, 3.63) is 26.7 Å². The Kier molecular flexibility index (Phi) is 3.47. The number of hydrogen-bond donors (Lipinski definition) is 1. The summed E-state index contributed by atoms with van der Waals surface area (Å²) in [6.07, 6.45) is 3.55. The normalized spacial score (nSPS) is 12.9. The highest BCUT2D eigenvalue weighted by molar-refractivity contribution is 14.1. The van der Waals surface area contributed by atoms with E-state index in [2.05, 4.69) is 34.2 Å². The minimum Gasteiger partial charge on any atom is -0.386 e. The van der Waals surface area contributed by atoms with Crippen molar-refractivity contribution in [2.75, 3.05) is 0 Å². The Bertz CT molecular complexity index is 248. The van der Waals surface area contributed by atoms with Crippen LogP contribution in [0.25, 0.3) is 0 Å². The fraction of sp³-hybridized carbons (Fsp3) is 0.286. The van der Waals surface area contributed by atoms with E-state index in [4.69, 9.17) is 0 Å². The number of aromatic nitrogens is 1. The van der Waals surface area contributed by atoms with Gasteiger partial charge in [0, 0.05) is 0 Å². The average Bonchev–Trinajstić information content (AvgIpc) is 2.36. The van der Waals surface area contributed by atoms with Crippen LogP contribution in [0, 0.1) is 2.88 Å². The maximum Gasteiger partial charge on any atom is 0.123 e. The van der Waals surface area contributed by atoms with Gasteiger partial charge in [-0.25, -0.2) is 4.98 Å². The lowest BCUT2D eigenvalue weighted by molar-refractivity contribution is 0.181. The Morgan fingerprint density at radius 2 is 2.64 bits per heavy atom. The molecule has 0 amide bonds. The van der Waals surface area contributed by atoms with Crippen LogP contribution in [0.4, 0.5) is 0 Å². The summed E-state index contributed by atoms with van der Waals surface area (Å²) in [4.78, 5) is 4.05. The second-order valence-corrected chi connectivity index (χ2v) is 5.00. The molecule has 1 atom stereocenters. The van der Waals surface area contributed by atoms with Crippen molar-refractivity contribution in [1.29, 1.82) is 0 Å². The molecule has 11 heavy (non-hydrogen) atoms. The predicted octanol–water partition coefficient (Wildman–Crippen LogP) is 2.36. The van der Waals surface area contributed by atoms with Crippen LogP contribution in [0.2, 0.25) is 0 Å². The molecule has 0 aliphatic rings. The Morgan fingerprint density at radius 1 is 1.91 bits per heavy atom. The molecule has 1 N–H and O–H groups in total. The number of aliphatic hydroxyl groups excluding tert-OH is 1. The highest BCUT2D eigenvalue weighted by Gasteiger charge is 2.08. The summed E-state index contributed by atoms with van der Waals surface area (Å²) >= 11 is 3.70. The number of thiazole rings is 1. The van der Waals surface area contributed by atoms with E-state index in [0.29, 0.717) is 6.42 Å². The Labute approximate surface area is 83.1 Å². The zero-order chi connectivity index (χ0) is 8.27. The molecule has 0 spiro atoms. The van der Waals surface area contributed by atoms with Crippen molar-refractivity contribution < 1.29 is 5.11 Å². The van der Waals surface area contributed by atoms with Crippen LogP contribution in [0.3, 0.4) is 0 Å². The lowest BCUT2D eigenvalue weighted by Gasteiger charge is -2.00. The molecule has 0 radical (unpaired) electrons. The number of aliphatic hydroxyl groups is 1. The van der Waals surface area contributed by atoms with Gasteiger partial charge in [-0.05, 0) is 29.0 Å². The molecule has 60 valence electrons. The third-order valence-electron chi connectivity index (χ3n) is 1.17. The van der Waals surface area contributed by atoms with E-state index in [9.17, 15) is 5.11 Å². The summed E-state index contributed by atoms with van der Waals surface area (Å²) in [5.41, 5.74) is 0. The molecule has 0 aromatic carbocycles. The Morgan fingerprint density at radius 3 is 3.09 bits per heavy atom. The monoisotopic (exact) mass is 281 g/mol. The summed E-state index contributed by atoms with van der Waals surface area (Å²) in [5.74, 6) is 0. The SMILES string of the molecule is C=CCC(O)c1ncc(I)s1. The van der Waals surface area contributed by atoms with Gasteiger partial charge in [0.1, 0.15) is 11.1 Å². The fourth-order valence-corrected chi connectivity index (χ4v) is 2.14. The van der Waals surface area contributed by atoms with E-state index in [1.54, 1.807) is 12.3 Å². The van der Waals surface area contributed by atoms with Crippen molar-refractivity contribution in [3.63, 3.8) is 0 Å². The first-order valence-corrected chi connectivity index (χ1v) is 5.03. The van der Waals surface area contributed by atoms with Gasteiger partial charge >= 0.3 is 0 Å². The molecule has 0 saturated heterocycles. The van der Waals surface area contributed by atoms with Gasteiger partial charge in [0.05, 0.1) is 9.08 Å². The largest absolute Gasteiger partial charge is 0.386 e. The maximum absolute atomic E-state index is 9.41. The van der Waals surface area contributed by atoms with Gasteiger partial charge in [0.2, 0.25) is 0 Å². The number of nitrogens with zero attached hydrogens (tertiary/aromatic N) is 1. The summed E-state index contributed by atoms with van der Waals surface area (Å²) in [5, 5.41) is 10.2. The molecule has 1 rings (SSSR count). The first kappa shape index (κ1) is 9.15. The molecular formula is C7H8INOS. The third kappa shape index (κ3) is 2.53. The van der Waals surface area contributed by atoms with Gasteiger partial charge in [-0.3, -0.25) is 0 Å². The van der Waals surface area contributed by atoms with E-state index in [-0.39, 0.29) is 0 Å². The molecular weight excluding hydrogens is 273 g/mol. The first-order chi connectivity index (χ1) is 5.24. The second-order valence-electron chi connectivity index (χ2n) is 2.04. The smallest absolute Gasteiger partial charge is 0.123 e. The van der Waals surface area contributed by atoms with Crippen LogP contribution in [-0.4, -0.2) is 10.1 Å². The molecule has 0 saturated carbocycles. The van der Waals surface area contributed by atoms with Crippen molar-refractivity contribution in [3.8, 4) is 0 Å². The summed E-state index contributed by atoms with van der Waals surface area (Å²) in [6.45, 7) is 3.55. The fourth-order valence-electron chi connectivity index (χ4n) is 0.680. The van der Waals surface area contributed by atoms with E-state index in [0.717, 1.165) is 7.89 Å². The molecule has 1 heterocycles. The summed E-state index contributed by atoms with van der Waals surface area (Å²) < 4.78 is 1.10. The molecule has 1 aromatic heterocycles. The predicted molar refractivity (Wildman–Crippen MR) is 54.6 cm³/mol. The maximum atomic E-state index is 9.41. The van der Waals surface area contributed by atoms with Crippen molar-refractivity contribution >= 4 is 33.9 Å². The van der Waals surface area contributed by atoms with Crippen molar-refractivity contribution in [2.45, 2.75) is 12.5 Å². The highest BCUT2D eigenvalue weighted by Crippen LogP contribution is 2.23. The Hall–Kier alpha value is 0.0600. The number of hydrogen-bond acceptors (Lipinski definition) is 3. The van der Waals surface area contributed by atoms with Gasteiger partial charge < -0.3 is 5.11 Å². The van der Waals surface area contributed by atoms with Gasteiger partial charge in [-0.2, -0.15) is 0 Å². The lowest BCUT2D eigenvalue weighted by atomic mass is 10.3. The van der Waals surface area contributed by atoms with E-state index in [1.165, 1.54) is 11.3 Å². The first-order valence-electron chi connectivity index (χ1n) is 3.14. The topological polar surface area (TPSA) is 33.1 Å². The Balaban J connectivity index is 2.67. The van der Waals surface area contributed by atoms with Crippen molar-refractivity contribution in [1.82, 2.24) is 4.98 Å². The van der Waals surface area contributed by atoms with Gasteiger partial charge in [0.15, 0.2) is 0 Å². The third-order valence-corrected chi connectivity index (χ3v) is 3.00. The van der Waals surface area contributed by atoms with Crippen LogP contribution in [-0.2, 0) is 0 Å². The minimum absolute atomic E-state index is 0.471. The standard InChI is InChI=1S/C7H8INOS/c1-2-3-5(10)7-9-4-6(8)11-7/h2,4-5,10H,1,3H2. The van der Waals surface area contributed by atoms with Crippen LogP contribution in [0.1, 0.15) is 17.5 Å². The number of rotatable bonds is 3. The zero-order valence-corrected chi connectivity index (χ0v) is 8.80. The van der Waals surface area contributed by atoms with Crippen molar-refractivity contribution in [2.24, 2.45) is 0 Å². The molecule has 4 heteroatoms. The summed E-state index contributed by atoms with van der Waals surface area (Å²) in [7, 11) is 0. The highest BCUT2D eigenvalue weighted by atomic mass is 127. The molecule has 0 aliphatic heterocycles. The molecule has 0 bridgehead atoms. The second kappa shape index (κ2) is 4.18. The molecule has 0 aliphatic carbocycles. The van der Waals surface area contributed by atoms with Gasteiger partial charge in [-0.15, -0.1) is 17.9 Å². The zero-order valence-electron chi connectivity index (χ0n) is 5.83. The van der Waals surface area contributed by atoms with Crippen LogP contribution >= 0.6 is 33.9 Å². The van der Waals surface area contributed by atoms with Crippen LogP contribution < -0.4 is 0 Å². The van der Waals surface area contributed by atoms with E-state index >= 15 is 0 Å².